The molecular weight excluding hydrogens is 424 g/mol. The predicted octanol–water partition coefficient (Wildman–Crippen LogP) is 3.99. The van der Waals surface area contributed by atoms with E-state index < -0.39 is 28.7 Å². The second-order valence-corrected chi connectivity index (χ2v) is 6.77. The number of hydrogen-bond acceptors (Lipinski definition) is 6. The molecule has 1 atom stereocenters. The standard InChI is InChI=1S/C19H14F4N4O4/c20-15-5-11(12-3-4-16(24-6-12)19(21,22)23)1-2-13(15)9-30-14-7-26-8-17(27(28)29)25-18(26)31-10-14/h1-6,8,14H,7,9-10H2/t14-/m0/s1. The van der Waals surface area contributed by atoms with Crippen LogP contribution in [0.4, 0.5) is 23.4 Å². The van der Waals surface area contributed by atoms with Crippen LogP contribution in [0.5, 0.6) is 6.01 Å². The summed E-state index contributed by atoms with van der Waals surface area (Å²) in [5, 5.41) is 10.8. The van der Waals surface area contributed by atoms with E-state index in [0.717, 1.165) is 12.3 Å². The molecule has 0 amide bonds. The summed E-state index contributed by atoms with van der Waals surface area (Å²) in [4.78, 5) is 17.3. The quantitative estimate of drug-likeness (QED) is 0.340. The Kier molecular flexibility index (Phi) is 5.31. The van der Waals surface area contributed by atoms with Gasteiger partial charge < -0.3 is 19.6 Å². The first-order chi connectivity index (χ1) is 14.7. The number of pyridine rings is 1. The van der Waals surface area contributed by atoms with Crippen LogP contribution >= 0.6 is 0 Å². The third-order valence-corrected chi connectivity index (χ3v) is 4.63. The lowest BCUT2D eigenvalue weighted by Gasteiger charge is -2.22. The van der Waals surface area contributed by atoms with E-state index >= 15 is 0 Å². The molecule has 0 radical (unpaired) electrons. The third kappa shape index (κ3) is 4.48. The molecule has 0 saturated carbocycles. The molecule has 0 N–H and O–H groups in total. The van der Waals surface area contributed by atoms with Crippen LogP contribution in [-0.2, 0) is 24.1 Å². The third-order valence-electron chi connectivity index (χ3n) is 4.63. The van der Waals surface area contributed by atoms with Gasteiger partial charge in [0.05, 0.1) is 13.2 Å². The maximum Gasteiger partial charge on any atom is 0.433 e. The summed E-state index contributed by atoms with van der Waals surface area (Å²) in [5.41, 5.74) is -0.0676. The number of aromatic nitrogens is 3. The number of nitrogens with zero attached hydrogens (tertiary/aromatic N) is 4. The molecule has 162 valence electrons. The van der Waals surface area contributed by atoms with Crippen molar-refractivity contribution in [1.82, 2.24) is 14.5 Å². The van der Waals surface area contributed by atoms with Gasteiger partial charge in [-0.1, -0.05) is 18.2 Å². The summed E-state index contributed by atoms with van der Waals surface area (Å²) < 4.78 is 64.8. The van der Waals surface area contributed by atoms with Crippen molar-refractivity contribution >= 4 is 5.82 Å². The maximum atomic E-state index is 14.5. The van der Waals surface area contributed by atoms with Crippen LogP contribution in [0.2, 0.25) is 0 Å². The molecular formula is C19H14F4N4O4. The van der Waals surface area contributed by atoms with Crippen molar-refractivity contribution in [2.45, 2.75) is 25.4 Å². The number of fused-ring (bicyclic) bond motifs is 1. The summed E-state index contributed by atoms with van der Waals surface area (Å²) in [6.07, 6.45) is -2.75. The molecule has 0 saturated heterocycles. The Balaban J connectivity index is 1.40. The Morgan fingerprint density at radius 2 is 2.03 bits per heavy atom. The van der Waals surface area contributed by atoms with Crippen molar-refractivity contribution < 1.29 is 32.0 Å². The molecule has 0 aliphatic carbocycles. The van der Waals surface area contributed by atoms with E-state index in [0.29, 0.717) is 11.1 Å². The Morgan fingerprint density at radius 3 is 2.68 bits per heavy atom. The van der Waals surface area contributed by atoms with Crippen molar-refractivity contribution in [2.75, 3.05) is 6.61 Å². The van der Waals surface area contributed by atoms with Gasteiger partial charge >= 0.3 is 18.0 Å². The lowest BCUT2D eigenvalue weighted by molar-refractivity contribution is -0.389. The van der Waals surface area contributed by atoms with E-state index in [1.807, 2.05) is 0 Å². The van der Waals surface area contributed by atoms with Gasteiger partial charge in [0.2, 0.25) is 0 Å². The zero-order valence-electron chi connectivity index (χ0n) is 15.7. The van der Waals surface area contributed by atoms with Crippen LogP contribution in [-0.4, -0.2) is 32.2 Å². The van der Waals surface area contributed by atoms with E-state index in [4.69, 9.17) is 9.47 Å². The molecule has 0 unspecified atom stereocenters. The molecule has 0 fully saturated rings. The lowest BCUT2D eigenvalue weighted by atomic mass is 10.0. The number of halogens is 4. The van der Waals surface area contributed by atoms with Gasteiger partial charge in [0.15, 0.2) is 0 Å². The molecule has 0 bridgehead atoms. The lowest BCUT2D eigenvalue weighted by Crippen LogP contribution is -2.32. The summed E-state index contributed by atoms with van der Waals surface area (Å²) in [7, 11) is 0. The fourth-order valence-electron chi connectivity index (χ4n) is 3.04. The predicted molar refractivity (Wildman–Crippen MR) is 97.6 cm³/mol. The highest BCUT2D eigenvalue weighted by Crippen LogP contribution is 2.29. The average Bonchev–Trinajstić information content (AvgIpc) is 3.16. The Labute approximate surface area is 172 Å². The van der Waals surface area contributed by atoms with Gasteiger partial charge in [-0.05, 0) is 22.6 Å². The highest BCUT2D eigenvalue weighted by atomic mass is 19.4. The summed E-state index contributed by atoms with van der Waals surface area (Å²) in [6.45, 7) is 0.274. The minimum absolute atomic E-state index is 0.0858. The van der Waals surface area contributed by atoms with E-state index in [9.17, 15) is 27.7 Å². The van der Waals surface area contributed by atoms with Crippen molar-refractivity contribution in [2.24, 2.45) is 0 Å². The molecule has 1 aromatic carbocycles. The minimum Gasteiger partial charge on any atom is -0.443 e. The normalized spacial score (nSPS) is 15.9. The molecule has 3 aromatic rings. The molecule has 3 heterocycles. The van der Waals surface area contributed by atoms with Crippen LogP contribution in [0.15, 0.2) is 42.7 Å². The zero-order valence-corrected chi connectivity index (χ0v) is 15.7. The molecule has 2 aromatic heterocycles. The molecule has 31 heavy (non-hydrogen) atoms. The highest BCUT2D eigenvalue weighted by Gasteiger charge is 2.32. The van der Waals surface area contributed by atoms with Gasteiger partial charge in [0.1, 0.15) is 30.4 Å². The second-order valence-electron chi connectivity index (χ2n) is 6.77. The Bertz CT molecular complexity index is 1120. The van der Waals surface area contributed by atoms with E-state index in [1.165, 1.54) is 29.0 Å². The van der Waals surface area contributed by atoms with Crippen molar-refractivity contribution in [3.8, 4) is 17.1 Å². The number of imidazole rings is 1. The van der Waals surface area contributed by atoms with E-state index in [1.54, 1.807) is 6.07 Å². The van der Waals surface area contributed by atoms with Crippen LogP contribution in [0.3, 0.4) is 0 Å². The first-order valence-corrected chi connectivity index (χ1v) is 8.99. The minimum atomic E-state index is -4.55. The number of nitro groups is 1. The number of rotatable bonds is 5. The van der Waals surface area contributed by atoms with Crippen LogP contribution in [0, 0.1) is 15.9 Å². The first-order valence-electron chi connectivity index (χ1n) is 8.99. The summed E-state index contributed by atoms with van der Waals surface area (Å²) >= 11 is 0. The fourth-order valence-corrected chi connectivity index (χ4v) is 3.04. The van der Waals surface area contributed by atoms with Gasteiger partial charge in [0.25, 0.3) is 0 Å². The molecule has 1 aliphatic rings. The maximum absolute atomic E-state index is 14.5. The van der Waals surface area contributed by atoms with Gasteiger partial charge in [0, 0.05) is 22.3 Å². The van der Waals surface area contributed by atoms with Gasteiger partial charge in [-0.2, -0.15) is 13.2 Å². The first kappa shape index (κ1) is 20.7. The molecule has 1 aliphatic heterocycles. The van der Waals surface area contributed by atoms with E-state index in [-0.39, 0.29) is 37.2 Å². The van der Waals surface area contributed by atoms with E-state index in [2.05, 4.69) is 9.97 Å². The topological polar surface area (TPSA) is 92.3 Å². The Morgan fingerprint density at radius 1 is 1.26 bits per heavy atom. The molecule has 4 rings (SSSR count). The fraction of sp³-hybridized carbons (Fsp3) is 0.263. The molecule has 8 nitrogen and oxygen atoms in total. The number of benzene rings is 1. The SMILES string of the molecule is O=[N+]([O-])c1cn2c(n1)OC[C@@H](OCc1ccc(-c3ccc(C(F)(F)F)nc3)cc1F)C2. The van der Waals surface area contributed by atoms with Crippen molar-refractivity contribution in [1.29, 1.82) is 0 Å². The van der Waals surface area contributed by atoms with Crippen LogP contribution in [0.1, 0.15) is 11.3 Å². The molecule has 0 spiro atoms. The average molecular weight is 438 g/mol. The summed E-state index contributed by atoms with van der Waals surface area (Å²) in [5.74, 6) is -0.928. The smallest absolute Gasteiger partial charge is 0.433 e. The van der Waals surface area contributed by atoms with Crippen molar-refractivity contribution in [3.63, 3.8) is 0 Å². The zero-order chi connectivity index (χ0) is 22.2. The highest BCUT2D eigenvalue weighted by molar-refractivity contribution is 5.63. The largest absolute Gasteiger partial charge is 0.443 e. The summed E-state index contributed by atoms with van der Waals surface area (Å²) in [6, 6.07) is 6.40. The number of alkyl halides is 3. The van der Waals surface area contributed by atoms with Crippen LogP contribution < -0.4 is 4.74 Å². The van der Waals surface area contributed by atoms with Gasteiger partial charge in [-0.3, -0.25) is 9.55 Å². The molecule has 12 heteroatoms. The number of hydrogen-bond donors (Lipinski definition) is 0. The number of ether oxygens (including phenoxy) is 2. The van der Waals surface area contributed by atoms with Crippen molar-refractivity contribution in [3.05, 3.63) is 69.9 Å². The van der Waals surface area contributed by atoms with Crippen LogP contribution in [0.25, 0.3) is 11.1 Å². The second kappa shape index (κ2) is 7.95. The van der Waals surface area contributed by atoms with Gasteiger partial charge in [-0.15, -0.1) is 0 Å². The monoisotopic (exact) mass is 438 g/mol. The van der Waals surface area contributed by atoms with Gasteiger partial charge in [-0.25, -0.2) is 4.39 Å². The Hall–Kier alpha value is -3.54.